The summed E-state index contributed by atoms with van der Waals surface area (Å²) in [6.07, 6.45) is 3.08. The zero-order valence-electron chi connectivity index (χ0n) is 14.0. The number of carbonyl (C=O) groups is 1. The van der Waals surface area contributed by atoms with Crippen LogP contribution in [-0.4, -0.2) is 41.8 Å². The molecule has 3 unspecified atom stereocenters. The second-order valence-corrected chi connectivity index (χ2v) is 7.06. The lowest BCUT2D eigenvalue weighted by atomic mass is 9.91. The number of hydrogen-bond acceptors (Lipinski definition) is 3. The van der Waals surface area contributed by atoms with Crippen molar-refractivity contribution in [2.75, 3.05) is 13.1 Å². The Morgan fingerprint density at radius 1 is 1.35 bits per heavy atom. The molecular weight excluding hydrogens is 252 g/mol. The first-order chi connectivity index (χ1) is 9.25. The molecule has 1 heterocycles. The van der Waals surface area contributed by atoms with Crippen molar-refractivity contribution >= 4 is 6.09 Å². The first kappa shape index (κ1) is 17.3. The number of amides is 1. The number of hydrogen-bond donors (Lipinski definition) is 1. The van der Waals surface area contributed by atoms with Crippen molar-refractivity contribution < 1.29 is 9.53 Å². The predicted octanol–water partition coefficient (Wildman–Crippen LogP) is 3.41. The fourth-order valence-electron chi connectivity index (χ4n) is 2.73. The maximum atomic E-state index is 11.9. The van der Waals surface area contributed by atoms with Crippen molar-refractivity contribution in [3.05, 3.63) is 0 Å². The van der Waals surface area contributed by atoms with E-state index in [1.165, 1.54) is 6.42 Å². The van der Waals surface area contributed by atoms with E-state index in [1.54, 1.807) is 0 Å². The van der Waals surface area contributed by atoms with E-state index in [9.17, 15) is 4.79 Å². The van der Waals surface area contributed by atoms with Crippen LogP contribution in [0.15, 0.2) is 0 Å². The lowest BCUT2D eigenvalue weighted by Gasteiger charge is -2.40. The van der Waals surface area contributed by atoms with Gasteiger partial charge in [-0.05, 0) is 46.5 Å². The molecule has 1 saturated heterocycles. The van der Waals surface area contributed by atoms with E-state index in [4.69, 9.17) is 4.74 Å². The summed E-state index contributed by atoms with van der Waals surface area (Å²) in [6.45, 7) is 14.5. The highest BCUT2D eigenvalue weighted by Gasteiger charge is 2.30. The van der Waals surface area contributed by atoms with Crippen molar-refractivity contribution in [2.45, 2.75) is 78.5 Å². The number of nitrogens with one attached hydrogen (secondary N) is 1. The minimum atomic E-state index is -0.431. The van der Waals surface area contributed by atoms with Crippen LogP contribution in [0.1, 0.15) is 60.8 Å². The fourth-order valence-corrected chi connectivity index (χ4v) is 2.73. The van der Waals surface area contributed by atoms with Crippen LogP contribution in [0.3, 0.4) is 0 Å². The number of alkyl carbamates (subject to hydrolysis) is 1. The molecule has 0 aromatic heterocycles. The van der Waals surface area contributed by atoms with Gasteiger partial charge in [0.1, 0.15) is 5.60 Å². The summed E-state index contributed by atoms with van der Waals surface area (Å²) in [4.78, 5) is 14.4. The van der Waals surface area contributed by atoms with E-state index >= 15 is 0 Å². The SMILES string of the molecule is CCC1CC(NC(=O)OC(C)(C)C)CN(C(C)CC)C1. The largest absolute Gasteiger partial charge is 0.444 e. The zero-order chi connectivity index (χ0) is 15.3. The van der Waals surface area contributed by atoms with Gasteiger partial charge in [0.05, 0.1) is 0 Å². The van der Waals surface area contributed by atoms with Crippen LogP contribution >= 0.6 is 0 Å². The molecule has 0 spiro atoms. The van der Waals surface area contributed by atoms with Crippen LogP contribution in [0.25, 0.3) is 0 Å². The number of nitrogens with zero attached hydrogens (tertiary/aromatic N) is 1. The van der Waals surface area contributed by atoms with Gasteiger partial charge in [-0.3, -0.25) is 4.90 Å². The molecule has 4 nitrogen and oxygen atoms in total. The van der Waals surface area contributed by atoms with Gasteiger partial charge in [0.15, 0.2) is 0 Å². The summed E-state index contributed by atoms with van der Waals surface area (Å²) in [6, 6.07) is 0.782. The van der Waals surface area contributed by atoms with Gasteiger partial charge in [0.2, 0.25) is 0 Å². The molecular formula is C16H32N2O2. The predicted molar refractivity (Wildman–Crippen MR) is 82.9 cm³/mol. The zero-order valence-corrected chi connectivity index (χ0v) is 14.0. The molecule has 1 rings (SSSR count). The molecule has 0 aliphatic carbocycles. The molecule has 20 heavy (non-hydrogen) atoms. The van der Waals surface area contributed by atoms with Crippen LogP contribution in [0, 0.1) is 5.92 Å². The van der Waals surface area contributed by atoms with Crippen molar-refractivity contribution in [1.82, 2.24) is 10.2 Å². The molecule has 1 N–H and O–H groups in total. The Morgan fingerprint density at radius 3 is 2.50 bits per heavy atom. The second kappa shape index (κ2) is 7.30. The van der Waals surface area contributed by atoms with Gasteiger partial charge in [0.25, 0.3) is 0 Å². The summed E-state index contributed by atoms with van der Waals surface area (Å²) in [5.74, 6) is 0.665. The average Bonchev–Trinajstić information content (AvgIpc) is 2.34. The number of piperidine rings is 1. The van der Waals surface area contributed by atoms with Crippen LogP contribution < -0.4 is 5.32 Å². The second-order valence-electron chi connectivity index (χ2n) is 7.06. The smallest absolute Gasteiger partial charge is 0.407 e. The van der Waals surface area contributed by atoms with E-state index in [0.29, 0.717) is 12.0 Å². The van der Waals surface area contributed by atoms with E-state index in [1.807, 2.05) is 20.8 Å². The van der Waals surface area contributed by atoms with Gasteiger partial charge in [-0.1, -0.05) is 20.3 Å². The number of carbonyl (C=O) groups excluding carboxylic acids is 1. The third-order valence-corrected chi connectivity index (χ3v) is 4.08. The Labute approximate surface area is 124 Å². The third-order valence-electron chi connectivity index (χ3n) is 4.08. The van der Waals surface area contributed by atoms with Crippen molar-refractivity contribution in [1.29, 1.82) is 0 Å². The molecule has 3 atom stereocenters. The average molecular weight is 284 g/mol. The molecule has 1 aliphatic rings. The van der Waals surface area contributed by atoms with Crippen molar-refractivity contribution in [2.24, 2.45) is 5.92 Å². The van der Waals surface area contributed by atoms with Crippen LogP contribution in [0.4, 0.5) is 4.79 Å². The Hall–Kier alpha value is -0.770. The van der Waals surface area contributed by atoms with E-state index in [-0.39, 0.29) is 12.1 Å². The topological polar surface area (TPSA) is 41.6 Å². The molecule has 0 saturated carbocycles. The summed E-state index contributed by atoms with van der Waals surface area (Å²) in [7, 11) is 0. The standard InChI is InChI=1S/C16H32N2O2/c1-7-12(3)18-10-13(8-2)9-14(11-18)17-15(19)20-16(4,5)6/h12-14H,7-11H2,1-6H3,(H,17,19). The summed E-state index contributed by atoms with van der Waals surface area (Å²) in [5, 5.41) is 3.05. The first-order valence-corrected chi connectivity index (χ1v) is 7.98. The number of likely N-dealkylation sites (tertiary alicyclic amines) is 1. The number of ether oxygens (including phenoxy) is 1. The summed E-state index contributed by atoms with van der Waals surface area (Å²) >= 11 is 0. The van der Waals surface area contributed by atoms with Crippen molar-refractivity contribution in [3.8, 4) is 0 Å². The molecule has 0 aromatic carbocycles. The highest BCUT2D eigenvalue weighted by Crippen LogP contribution is 2.22. The van der Waals surface area contributed by atoms with Crippen LogP contribution in [0.5, 0.6) is 0 Å². The molecule has 1 fully saturated rings. The normalized spacial score (nSPS) is 26.1. The monoisotopic (exact) mass is 284 g/mol. The van der Waals surface area contributed by atoms with Gasteiger partial charge in [0, 0.05) is 25.2 Å². The molecule has 1 amide bonds. The van der Waals surface area contributed by atoms with Gasteiger partial charge in [-0.2, -0.15) is 0 Å². The number of rotatable bonds is 4. The minimum absolute atomic E-state index is 0.206. The fraction of sp³-hybridized carbons (Fsp3) is 0.938. The maximum Gasteiger partial charge on any atom is 0.407 e. The molecule has 118 valence electrons. The Bertz CT molecular complexity index is 312. The van der Waals surface area contributed by atoms with E-state index in [2.05, 4.69) is 31.0 Å². The van der Waals surface area contributed by atoms with Crippen LogP contribution in [0.2, 0.25) is 0 Å². The van der Waals surface area contributed by atoms with E-state index < -0.39 is 5.60 Å². The van der Waals surface area contributed by atoms with Crippen molar-refractivity contribution in [3.63, 3.8) is 0 Å². The van der Waals surface area contributed by atoms with Gasteiger partial charge in [-0.15, -0.1) is 0 Å². The molecule has 4 heteroatoms. The lowest BCUT2D eigenvalue weighted by Crippen LogP contribution is -2.53. The lowest BCUT2D eigenvalue weighted by molar-refractivity contribution is 0.0417. The van der Waals surface area contributed by atoms with Gasteiger partial charge < -0.3 is 10.1 Å². The van der Waals surface area contributed by atoms with Crippen LogP contribution in [-0.2, 0) is 4.74 Å². The van der Waals surface area contributed by atoms with Gasteiger partial charge >= 0.3 is 6.09 Å². The Kier molecular flexibility index (Phi) is 6.31. The van der Waals surface area contributed by atoms with E-state index in [0.717, 1.165) is 25.9 Å². The maximum absolute atomic E-state index is 11.9. The summed E-state index contributed by atoms with van der Waals surface area (Å²) in [5.41, 5.74) is -0.431. The molecule has 1 aliphatic heterocycles. The third kappa shape index (κ3) is 5.70. The first-order valence-electron chi connectivity index (χ1n) is 7.98. The summed E-state index contributed by atoms with van der Waals surface area (Å²) < 4.78 is 5.36. The highest BCUT2D eigenvalue weighted by atomic mass is 16.6. The molecule has 0 radical (unpaired) electrons. The van der Waals surface area contributed by atoms with Gasteiger partial charge in [-0.25, -0.2) is 4.79 Å². The Morgan fingerprint density at radius 2 is 2.00 bits per heavy atom. The molecule has 0 aromatic rings. The highest BCUT2D eigenvalue weighted by molar-refractivity contribution is 5.68. The Balaban J connectivity index is 2.57. The minimum Gasteiger partial charge on any atom is -0.444 e. The molecule has 0 bridgehead atoms. The quantitative estimate of drug-likeness (QED) is 0.860.